The van der Waals surface area contributed by atoms with Crippen LogP contribution < -0.4 is 16.1 Å². The lowest BCUT2D eigenvalue weighted by Gasteiger charge is -2.29. The van der Waals surface area contributed by atoms with Crippen LogP contribution >= 0.6 is 0 Å². The third kappa shape index (κ3) is 3.38. The molecule has 0 unspecified atom stereocenters. The highest BCUT2D eigenvalue weighted by atomic mass is 16.3. The third-order valence-corrected chi connectivity index (χ3v) is 5.73. The quantitative estimate of drug-likeness (QED) is 0.514. The fourth-order valence-corrected chi connectivity index (χ4v) is 4.23. The van der Waals surface area contributed by atoms with Crippen molar-refractivity contribution < 1.29 is 9.21 Å². The number of carbonyl (C=O) groups excluding carboxylic acids is 1. The van der Waals surface area contributed by atoms with Crippen LogP contribution in [0.1, 0.15) is 17.7 Å². The molecular weight excluding hydrogens is 394 g/mol. The highest BCUT2D eigenvalue weighted by Gasteiger charge is 2.24. The molecule has 5 rings (SSSR count). The number of para-hydroxylation sites is 2. The van der Waals surface area contributed by atoms with Crippen LogP contribution in [0.2, 0.25) is 0 Å². The first-order valence-corrected chi connectivity index (χ1v) is 10.3. The van der Waals surface area contributed by atoms with Crippen LogP contribution in [0.25, 0.3) is 10.9 Å². The van der Waals surface area contributed by atoms with Crippen LogP contribution in [0.5, 0.6) is 0 Å². The van der Waals surface area contributed by atoms with Gasteiger partial charge in [0.1, 0.15) is 12.3 Å². The fraction of sp³-hybridized carbons (Fsp3) is 0.208. The predicted molar refractivity (Wildman–Crippen MR) is 117 cm³/mol. The molecule has 1 amide bonds. The maximum atomic E-state index is 13.3. The average molecular weight is 415 g/mol. The lowest BCUT2D eigenvalue weighted by atomic mass is 10.0. The minimum absolute atomic E-state index is 0.0102. The van der Waals surface area contributed by atoms with Crippen LogP contribution in [0, 0.1) is 0 Å². The van der Waals surface area contributed by atoms with Gasteiger partial charge in [0, 0.05) is 12.2 Å². The smallest absolute Gasteiger partial charge is 0.332 e. The van der Waals surface area contributed by atoms with Gasteiger partial charge in [-0.25, -0.2) is 4.79 Å². The van der Waals surface area contributed by atoms with E-state index in [0.717, 1.165) is 28.7 Å². The summed E-state index contributed by atoms with van der Waals surface area (Å²) in [5.41, 5.74) is 1.54. The molecule has 156 valence electrons. The number of aryl methyl sites for hydroxylation is 1. The summed E-state index contributed by atoms with van der Waals surface area (Å²) in [5, 5.41) is 0.389. The Morgan fingerprint density at radius 1 is 0.935 bits per heavy atom. The summed E-state index contributed by atoms with van der Waals surface area (Å²) in [4.78, 5) is 41.3. The van der Waals surface area contributed by atoms with Gasteiger partial charge in [-0.1, -0.05) is 30.3 Å². The Bertz CT molecular complexity index is 1380. The van der Waals surface area contributed by atoms with Gasteiger partial charge in [-0.05, 0) is 48.7 Å². The molecule has 0 saturated heterocycles. The zero-order valence-corrected chi connectivity index (χ0v) is 16.9. The highest BCUT2D eigenvalue weighted by molar-refractivity contribution is 5.95. The molecule has 7 nitrogen and oxygen atoms in total. The van der Waals surface area contributed by atoms with Gasteiger partial charge in [0.05, 0.1) is 23.7 Å². The maximum absolute atomic E-state index is 13.3. The number of carbonyl (C=O) groups is 1. The molecule has 3 heterocycles. The van der Waals surface area contributed by atoms with E-state index in [1.54, 1.807) is 41.3 Å². The van der Waals surface area contributed by atoms with Gasteiger partial charge in [-0.2, -0.15) is 0 Å². The van der Waals surface area contributed by atoms with Gasteiger partial charge in [-0.3, -0.25) is 18.7 Å². The van der Waals surface area contributed by atoms with E-state index in [4.69, 9.17) is 4.42 Å². The van der Waals surface area contributed by atoms with Crippen molar-refractivity contribution in [3.8, 4) is 0 Å². The normalized spacial score (nSPS) is 13.4. The van der Waals surface area contributed by atoms with Crippen molar-refractivity contribution in [2.24, 2.45) is 0 Å². The number of hydrogen-bond acceptors (Lipinski definition) is 4. The van der Waals surface area contributed by atoms with E-state index in [2.05, 4.69) is 0 Å². The Morgan fingerprint density at radius 2 is 1.74 bits per heavy atom. The molecule has 0 fully saturated rings. The van der Waals surface area contributed by atoms with Gasteiger partial charge in [0.2, 0.25) is 5.91 Å². The first-order chi connectivity index (χ1) is 15.1. The van der Waals surface area contributed by atoms with Crippen LogP contribution in [-0.4, -0.2) is 21.6 Å². The second-order valence-corrected chi connectivity index (χ2v) is 7.63. The van der Waals surface area contributed by atoms with Crippen molar-refractivity contribution in [2.45, 2.75) is 25.9 Å². The second kappa shape index (κ2) is 7.75. The molecule has 2 aromatic heterocycles. The van der Waals surface area contributed by atoms with Crippen molar-refractivity contribution in [2.75, 3.05) is 11.4 Å². The number of rotatable bonds is 4. The number of benzene rings is 2. The summed E-state index contributed by atoms with van der Waals surface area (Å²) in [6.07, 6.45) is 3.30. The van der Waals surface area contributed by atoms with Gasteiger partial charge >= 0.3 is 5.69 Å². The number of amides is 1. The first-order valence-electron chi connectivity index (χ1n) is 10.3. The van der Waals surface area contributed by atoms with Crippen molar-refractivity contribution in [1.29, 1.82) is 0 Å². The molecule has 0 saturated carbocycles. The van der Waals surface area contributed by atoms with E-state index in [0.29, 0.717) is 23.2 Å². The standard InChI is InChI=1S/C24H21N3O4/c28-22(25-13-5-8-17-7-1-3-11-20(17)25)16-26-21-12-4-2-10-19(21)23(29)27(24(26)30)15-18-9-6-14-31-18/h1-4,6-7,9-12,14H,5,8,13,15-16H2. The Labute approximate surface area is 177 Å². The molecule has 4 aromatic rings. The van der Waals surface area contributed by atoms with Crippen LogP contribution in [0.3, 0.4) is 0 Å². The van der Waals surface area contributed by atoms with E-state index in [1.807, 2.05) is 24.3 Å². The average Bonchev–Trinajstić information content (AvgIpc) is 3.32. The largest absolute Gasteiger partial charge is 0.467 e. The first kappa shape index (κ1) is 19.1. The Balaban J connectivity index is 1.59. The summed E-state index contributed by atoms with van der Waals surface area (Å²) in [5.74, 6) is 0.319. The Hall–Kier alpha value is -3.87. The van der Waals surface area contributed by atoms with Gasteiger partial charge in [0.15, 0.2) is 0 Å². The van der Waals surface area contributed by atoms with Crippen molar-refractivity contribution in [3.05, 3.63) is 99.1 Å². The number of furan rings is 1. The van der Waals surface area contributed by atoms with E-state index in [9.17, 15) is 14.4 Å². The molecule has 31 heavy (non-hydrogen) atoms. The van der Waals surface area contributed by atoms with Crippen LogP contribution in [0.4, 0.5) is 5.69 Å². The Morgan fingerprint density at radius 3 is 2.58 bits per heavy atom. The number of nitrogens with zero attached hydrogens (tertiary/aromatic N) is 3. The van der Waals surface area contributed by atoms with E-state index in [-0.39, 0.29) is 19.0 Å². The molecule has 1 aliphatic rings. The van der Waals surface area contributed by atoms with Gasteiger partial charge in [0.25, 0.3) is 5.56 Å². The topological polar surface area (TPSA) is 77.5 Å². The lowest BCUT2D eigenvalue weighted by molar-refractivity contribution is -0.119. The molecule has 7 heteroatoms. The number of fused-ring (bicyclic) bond motifs is 2. The maximum Gasteiger partial charge on any atom is 0.332 e. The molecular formula is C24H21N3O4. The van der Waals surface area contributed by atoms with Gasteiger partial charge in [-0.15, -0.1) is 0 Å². The van der Waals surface area contributed by atoms with Crippen LogP contribution in [0.15, 0.2) is 80.9 Å². The minimum atomic E-state index is -0.529. The molecule has 0 N–H and O–H groups in total. The summed E-state index contributed by atoms with van der Waals surface area (Å²) >= 11 is 0. The van der Waals surface area contributed by atoms with Crippen LogP contribution in [-0.2, 0) is 24.3 Å². The molecule has 0 spiro atoms. The summed E-state index contributed by atoms with van der Waals surface area (Å²) in [6, 6.07) is 18.1. The summed E-state index contributed by atoms with van der Waals surface area (Å²) in [6.45, 7) is 0.469. The zero-order valence-electron chi connectivity index (χ0n) is 16.9. The summed E-state index contributed by atoms with van der Waals surface area (Å²) < 4.78 is 7.84. The molecule has 0 aliphatic carbocycles. The fourth-order valence-electron chi connectivity index (χ4n) is 4.23. The predicted octanol–water partition coefficient (Wildman–Crippen LogP) is 2.78. The minimum Gasteiger partial charge on any atom is -0.467 e. The molecule has 2 aromatic carbocycles. The van der Waals surface area contributed by atoms with Crippen molar-refractivity contribution >= 4 is 22.5 Å². The van der Waals surface area contributed by atoms with Gasteiger partial charge < -0.3 is 9.32 Å². The lowest BCUT2D eigenvalue weighted by Crippen LogP contribution is -2.44. The van der Waals surface area contributed by atoms with E-state index >= 15 is 0 Å². The number of aromatic nitrogens is 2. The second-order valence-electron chi connectivity index (χ2n) is 7.63. The SMILES string of the molecule is O=C(Cn1c(=O)n(Cc2ccco2)c(=O)c2ccccc21)N1CCCc2ccccc21. The number of anilines is 1. The highest BCUT2D eigenvalue weighted by Crippen LogP contribution is 2.27. The molecule has 1 aliphatic heterocycles. The molecule has 0 atom stereocenters. The van der Waals surface area contributed by atoms with Crippen molar-refractivity contribution in [1.82, 2.24) is 9.13 Å². The monoisotopic (exact) mass is 415 g/mol. The van der Waals surface area contributed by atoms with E-state index in [1.165, 1.54) is 10.8 Å². The molecule has 0 radical (unpaired) electrons. The number of hydrogen-bond donors (Lipinski definition) is 0. The third-order valence-electron chi connectivity index (χ3n) is 5.73. The van der Waals surface area contributed by atoms with E-state index < -0.39 is 11.2 Å². The van der Waals surface area contributed by atoms with Crippen molar-refractivity contribution in [3.63, 3.8) is 0 Å². The Kier molecular flexibility index (Phi) is 4.78. The zero-order chi connectivity index (χ0) is 21.4. The summed E-state index contributed by atoms with van der Waals surface area (Å²) in [7, 11) is 0. The molecule has 0 bridgehead atoms.